The normalized spacial score (nSPS) is 16.4. The van der Waals surface area contributed by atoms with E-state index in [2.05, 4.69) is 30.6 Å². The Morgan fingerprint density at radius 1 is 0.906 bits per heavy atom. The van der Waals surface area contributed by atoms with Crippen molar-refractivity contribution in [2.24, 2.45) is 0 Å². The number of aromatic amines is 2. The van der Waals surface area contributed by atoms with Crippen LogP contribution < -0.4 is 20.1 Å². The lowest BCUT2D eigenvalue weighted by Crippen LogP contribution is -2.54. The molecule has 15 heteroatoms. The molecule has 4 heterocycles. The maximum atomic E-state index is 13.6. The Hall–Kier alpha value is -5.41. The molecule has 2 aliphatic rings. The van der Waals surface area contributed by atoms with Crippen molar-refractivity contribution in [1.82, 2.24) is 35.5 Å². The Kier molecular flexibility index (Phi) is 11.9. The van der Waals surface area contributed by atoms with Crippen LogP contribution in [0.4, 0.5) is 4.79 Å². The van der Waals surface area contributed by atoms with Crippen LogP contribution in [0.25, 0.3) is 22.5 Å². The number of unbranched alkanes of at least 4 members (excludes halogenated alkanes) is 1. The van der Waals surface area contributed by atoms with Gasteiger partial charge in [-0.25, -0.2) is 14.8 Å². The van der Waals surface area contributed by atoms with Gasteiger partial charge in [-0.3, -0.25) is 9.59 Å². The number of rotatable bonds is 15. The van der Waals surface area contributed by atoms with Crippen molar-refractivity contribution in [3.63, 3.8) is 0 Å². The third kappa shape index (κ3) is 8.80. The molecule has 2 aromatic carbocycles. The van der Waals surface area contributed by atoms with Gasteiger partial charge in [-0.2, -0.15) is 0 Å². The van der Waals surface area contributed by atoms with Crippen LogP contribution in [0.15, 0.2) is 48.8 Å². The van der Waals surface area contributed by atoms with Crippen molar-refractivity contribution in [3.8, 4) is 45.5 Å². The van der Waals surface area contributed by atoms with E-state index in [4.69, 9.17) is 23.7 Å². The molecule has 4 atom stereocenters. The molecule has 6 rings (SSSR count). The van der Waals surface area contributed by atoms with Gasteiger partial charge in [-0.1, -0.05) is 0 Å². The predicted molar refractivity (Wildman–Crippen MR) is 195 cm³/mol. The van der Waals surface area contributed by atoms with E-state index < -0.39 is 18.2 Å². The lowest BCUT2D eigenvalue weighted by molar-refractivity contribution is -0.137. The van der Waals surface area contributed by atoms with Crippen LogP contribution >= 0.6 is 0 Å². The zero-order valence-corrected chi connectivity index (χ0v) is 30.7. The second kappa shape index (κ2) is 16.9. The third-order valence-electron chi connectivity index (χ3n) is 9.63. The topological polar surface area (TPSA) is 182 Å². The number of carbonyl (C=O) groups excluding carboxylic acids is 3. The standard InChI is InChI=1S/C38H47N7O8/c1-22(49-3)17-34(46)39-15-7-6-10-33-40-20-26(42-33)24-11-13-29-31(18-24)52-30-14-12-25(19-32(30)53-29)27-21-41-36(43-27)28-9-8-16-45(28)37(47)35(23(2)50-4)44-38(48)51-5/h11-14,18-23,28,35H,6-10,15-17H2,1-5H3,(H,39,46)(H,40,42)(H,41,43)(H,44,48). The molecular formula is C38H47N7O8. The van der Waals surface area contributed by atoms with Crippen LogP contribution in [0.1, 0.15) is 63.6 Å². The number of aromatic nitrogens is 4. The number of H-pyrrole nitrogens is 2. The first kappa shape index (κ1) is 37.4. The number of fused-ring (bicyclic) bond motifs is 2. The number of ether oxygens (including phenoxy) is 5. The summed E-state index contributed by atoms with van der Waals surface area (Å²) in [7, 11) is 4.35. The van der Waals surface area contributed by atoms with E-state index in [1.54, 1.807) is 25.1 Å². The number of alkyl carbamates (subject to hydrolysis) is 1. The van der Waals surface area contributed by atoms with Crippen molar-refractivity contribution >= 4 is 17.9 Å². The number of benzene rings is 2. The zero-order chi connectivity index (χ0) is 37.5. The molecule has 4 N–H and O–H groups in total. The first-order valence-corrected chi connectivity index (χ1v) is 17.9. The van der Waals surface area contributed by atoms with Crippen LogP contribution in [0.2, 0.25) is 0 Å². The molecule has 0 spiro atoms. The lowest BCUT2D eigenvalue weighted by Gasteiger charge is -2.30. The number of aryl methyl sites for hydroxylation is 1. The molecule has 0 aliphatic carbocycles. The van der Waals surface area contributed by atoms with Crippen molar-refractivity contribution in [1.29, 1.82) is 0 Å². The molecular weight excluding hydrogens is 682 g/mol. The van der Waals surface area contributed by atoms with Crippen LogP contribution in [-0.2, 0) is 30.2 Å². The summed E-state index contributed by atoms with van der Waals surface area (Å²) in [4.78, 5) is 55.3. The summed E-state index contributed by atoms with van der Waals surface area (Å²) >= 11 is 0. The van der Waals surface area contributed by atoms with E-state index in [1.807, 2.05) is 49.5 Å². The molecule has 0 bridgehead atoms. The summed E-state index contributed by atoms with van der Waals surface area (Å²) in [6, 6.07) is 10.2. The summed E-state index contributed by atoms with van der Waals surface area (Å²) in [6.45, 7) is 4.74. The summed E-state index contributed by atoms with van der Waals surface area (Å²) in [5.74, 6) is 3.59. The molecule has 53 heavy (non-hydrogen) atoms. The Labute approximate surface area is 308 Å². The van der Waals surface area contributed by atoms with Crippen LogP contribution in [0, 0.1) is 0 Å². The Morgan fingerprint density at radius 2 is 1.58 bits per heavy atom. The summed E-state index contributed by atoms with van der Waals surface area (Å²) in [6.07, 6.45) is 6.57. The Bertz CT molecular complexity index is 1910. The molecule has 282 valence electrons. The maximum Gasteiger partial charge on any atom is 0.407 e. The highest BCUT2D eigenvalue weighted by atomic mass is 16.6. The van der Waals surface area contributed by atoms with Crippen LogP contribution in [-0.4, -0.2) is 95.4 Å². The fourth-order valence-corrected chi connectivity index (χ4v) is 6.46. The van der Waals surface area contributed by atoms with E-state index in [0.717, 1.165) is 60.4 Å². The van der Waals surface area contributed by atoms with Gasteiger partial charge in [0.15, 0.2) is 23.0 Å². The highest BCUT2D eigenvalue weighted by molar-refractivity contribution is 5.87. The van der Waals surface area contributed by atoms with Crippen LogP contribution in [0.5, 0.6) is 23.0 Å². The summed E-state index contributed by atoms with van der Waals surface area (Å²) < 4.78 is 27.8. The molecule has 0 radical (unpaired) electrons. The van der Waals surface area contributed by atoms with Gasteiger partial charge in [0.25, 0.3) is 0 Å². The van der Waals surface area contributed by atoms with E-state index >= 15 is 0 Å². The minimum atomic E-state index is -0.908. The van der Waals surface area contributed by atoms with E-state index in [-0.39, 0.29) is 24.0 Å². The van der Waals surface area contributed by atoms with Crippen molar-refractivity contribution in [2.45, 2.75) is 76.7 Å². The number of nitrogens with one attached hydrogen (secondary N) is 4. The molecule has 1 saturated heterocycles. The summed E-state index contributed by atoms with van der Waals surface area (Å²) in [5.41, 5.74) is 3.39. The van der Waals surface area contributed by atoms with Gasteiger partial charge < -0.3 is 49.2 Å². The largest absolute Gasteiger partial charge is 0.453 e. The van der Waals surface area contributed by atoms with Crippen molar-refractivity contribution < 1.29 is 38.1 Å². The highest BCUT2D eigenvalue weighted by Crippen LogP contribution is 2.47. The molecule has 2 aromatic heterocycles. The van der Waals surface area contributed by atoms with Crippen molar-refractivity contribution in [2.75, 3.05) is 34.4 Å². The molecule has 2 aliphatic heterocycles. The monoisotopic (exact) mass is 729 g/mol. The first-order chi connectivity index (χ1) is 25.7. The van der Waals surface area contributed by atoms with Gasteiger partial charge in [0.1, 0.15) is 17.7 Å². The Morgan fingerprint density at radius 3 is 2.25 bits per heavy atom. The lowest BCUT2D eigenvalue weighted by atomic mass is 10.1. The first-order valence-electron chi connectivity index (χ1n) is 17.9. The average molecular weight is 730 g/mol. The van der Waals surface area contributed by atoms with Gasteiger partial charge in [0, 0.05) is 44.9 Å². The van der Waals surface area contributed by atoms with E-state index in [9.17, 15) is 14.4 Å². The number of methoxy groups -OCH3 is 3. The number of hydrogen-bond donors (Lipinski definition) is 4. The van der Waals surface area contributed by atoms with Crippen molar-refractivity contribution in [3.05, 3.63) is 60.4 Å². The quantitative estimate of drug-likeness (QED) is 0.0983. The fourth-order valence-electron chi connectivity index (χ4n) is 6.46. The van der Waals surface area contributed by atoms with Gasteiger partial charge in [-0.15, -0.1) is 0 Å². The van der Waals surface area contributed by atoms with E-state index in [0.29, 0.717) is 48.3 Å². The third-order valence-corrected chi connectivity index (χ3v) is 9.63. The Balaban J connectivity index is 1.06. The number of amides is 3. The number of nitrogens with zero attached hydrogens (tertiary/aromatic N) is 3. The number of likely N-dealkylation sites (tertiary alicyclic amines) is 1. The molecule has 1 fully saturated rings. The van der Waals surface area contributed by atoms with Gasteiger partial charge >= 0.3 is 6.09 Å². The SMILES string of the molecule is COC(=O)NC(C(=O)N1CCCC1c1ncc(-c2ccc3c(c2)Oc2ccc(-c4cnc(CCCCNC(=O)CC(C)OC)[nH]4)cc2O3)[nH]1)C(C)OC. The molecule has 0 saturated carbocycles. The average Bonchev–Trinajstić information content (AvgIpc) is 3.96. The van der Waals surface area contributed by atoms with Gasteiger partial charge in [-0.05, 0) is 75.9 Å². The minimum absolute atomic E-state index is 0.00382. The second-order valence-corrected chi connectivity index (χ2v) is 13.3. The number of carbonyl (C=O) groups is 3. The minimum Gasteiger partial charge on any atom is -0.453 e. The number of hydrogen-bond acceptors (Lipinski definition) is 10. The zero-order valence-electron chi connectivity index (χ0n) is 30.7. The molecule has 4 aromatic rings. The smallest absolute Gasteiger partial charge is 0.407 e. The van der Waals surface area contributed by atoms with Gasteiger partial charge in [0.05, 0.1) is 55.6 Å². The summed E-state index contributed by atoms with van der Waals surface area (Å²) in [5, 5.41) is 5.55. The van der Waals surface area contributed by atoms with E-state index in [1.165, 1.54) is 14.2 Å². The number of imidazole rings is 2. The molecule has 3 amide bonds. The highest BCUT2D eigenvalue weighted by Gasteiger charge is 2.38. The second-order valence-electron chi connectivity index (χ2n) is 13.3. The molecule has 15 nitrogen and oxygen atoms in total. The fraction of sp³-hybridized carbons (Fsp3) is 0.447. The van der Waals surface area contributed by atoms with Gasteiger partial charge in [0.2, 0.25) is 11.8 Å². The predicted octanol–water partition coefficient (Wildman–Crippen LogP) is 5.65. The van der Waals surface area contributed by atoms with Crippen LogP contribution in [0.3, 0.4) is 0 Å². The maximum absolute atomic E-state index is 13.6. The molecule has 4 unspecified atom stereocenters.